The van der Waals surface area contributed by atoms with E-state index in [1.165, 1.54) is 0 Å². The molecule has 0 aliphatic carbocycles. The van der Waals surface area contributed by atoms with Gasteiger partial charge in [0.1, 0.15) is 17.3 Å². The molecule has 0 heterocycles. The number of ether oxygens (including phenoxy) is 1. The number of aliphatic hydroxyl groups is 1. The van der Waals surface area contributed by atoms with Gasteiger partial charge in [0.2, 0.25) is 0 Å². The molecule has 0 saturated heterocycles. The van der Waals surface area contributed by atoms with Crippen LogP contribution in [-0.2, 0) is 0 Å². The lowest BCUT2D eigenvalue weighted by molar-refractivity contribution is 0.200. The summed E-state index contributed by atoms with van der Waals surface area (Å²) in [6.45, 7) is 2.22. The molecule has 3 N–H and O–H groups in total. The molecule has 0 amide bonds. The fourth-order valence-corrected chi connectivity index (χ4v) is 1.25. The largest absolute Gasteiger partial charge is 0.491 e. The van der Waals surface area contributed by atoms with Crippen LogP contribution in [-0.4, -0.2) is 23.3 Å². The third-order valence-electron chi connectivity index (χ3n) is 1.81. The van der Waals surface area contributed by atoms with Gasteiger partial charge in [-0.05, 0) is 30.7 Å². The number of hydrogen-bond acceptors (Lipinski definition) is 3. The van der Waals surface area contributed by atoms with Gasteiger partial charge >= 0.3 is 0 Å². The summed E-state index contributed by atoms with van der Waals surface area (Å²) in [5.74, 6) is 0.749. The monoisotopic (exact) mass is 211 g/mol. The first kappa shape index (κ1) is 10.9. The molecule has 14 heavy (non-hydrogen) atoms. The third-order valence-corrected chi connectivity index (χ3v) is 2.04. The van der Waals surface area contributed by atoms with Gasteiger partial charge in [0, 0.05) is 5.56 Å². The lowest BCUT2D eigenvalue weighted by Crippen LogP contribution is -2.10. The van der Waals surface area contributed by atoms with Crippen molar-refractivity contribution in [1.29, 1.82) is 0 Å². The van der Waals surface area contributed by atoms with Crippen molar-refractivity contribution in [3.63, 3.8) is 0 Å². The van der Waals surface area contributed by atoms with Gasteiger partial charge in [0.15, 0.2) is 0 Å². The molecule has 0 bridgehead atoms. The molecule has 76 valence electrons. The van der Waals surface area contributed by atoms with Gasteiger partial charge in [-0.1, -0.05) is 12.2 Å². The van der Waals surface area contributed by atoms with E-state index in [1.54, 1.807) is 6.07 Å². The first-order valence-electron chi connectivity index (χ1n) is 4.29. The molecule has 0 unspecified atom stereocenters. The fourth-order valence-electron chi connectivity index (χ4n) is 1.12. The number of benzene rings is 1. The molecule has 1 aromatic rings. The van der Waals surface area contributed by atoms with E-state index in [4.69, 9.17) is 27.8 Å². The first-order chi connectivity index (χ1) is 6.65. The highest BCUT2D eigenvalue weighted by Gasteiger charge is 2.02. The number of rotatable bonds is 4. The Labute approximate surface area is 88.5 Å². The summed E-state index contributed by atoms with van der Waals surface area (Å²) < 4.78 is 5.29. The summed E-state index contributed by atoms with van der Waals surface area (Å²) in [4.78, 5) is 0.377. The van der Waals surface area contributed by atoms with E-state index in [0.29, 0.717) is 11.6 Å². The minimum atomic E-state index is 0.0104. The topological polar surface area (TPSA) is 55.5 Å². The van der Waals surface area contributed by atoms with E-state index in [2.05, 4.69) is 0 Å². The molecule has 3 nitrogen and oxygen atoms in total. The molecular formula is C10H13NO2S. The maximum Gasteiger partial charge on any atom is 0.122 e. The Hall–Kier alpha value is -1.13. The van der Waals surface area contributed by atoms with Crippen molar-refractivity contribution >= 4 is 17.2 Å². The molecule has 1 rings (SSSR count). The van der Waals surface area contributed by atoms with Crippen molar-refractivity contribution in [2.24, 2.45) is 5.73 Å². The fraction of sp³-hybridized carbons (Fsp3) is 0.300. The van der Waals surface area contributed by atoms with Crippen LogP contribution in [0.1, 0.15) is 11.1 Å². The average Bonchev–Trinajstić information content (AvgIpc) is 2.15. The van der Waals surface area contributed by atoms with Gasteiger partial charge in [-0.3, -0.25) is 0 Å². The molecule has 0 aromatic heterocycles. The molecule has 0 aliphatic rings. The number of aryl methyl sites for hydroxylation is 1. The second-order valence-electron chi connectivity index (χ2n) is 2.92. The molecule has 4 heteroatoms. The maximum atomic E-state index is 8.60. The normalized spacial score (nSPS) is 9.86. The van der Waals surface area contributed by atoms with Gasteiger partial charge in [0.25, 0.3) is 0 Å². The van der Waals surface area contributed by atoms with Gasteiger partial charge in [0.05, 0.1) is 6.61 Å². The quantitative estimate of drug-likeness (QED) is 0.730. The molecule has 0 saturated carbocycles. The van der Waals surface area contributed by atoms with Crippen LogP contribution >= 0.6 is 12.2 Å². The molecule has 0 radical (unpaired) electrons. The van der Waals surface area contributed by atoms with Crippen LogP contribution in [0.25, 0.3) is 0 Å². The molecule has 0 atom stereocenters. The van der Waals surface area contributed by atoms with Gasteiger partial charge in [-0.25, -0.2) is 0 Å². The SMILES string of the molecule is Cc1cc(C(N)=S)ccc1OCCO. The molecule has 0 fully saturated rings. The average molecular weight is 211 g/mol. The predicted octanol–water partition coefficient (Wildman–Crippen LogP) is 1.00. The van der Waals surface area contributed by atoms with Crippen LogP contribution in [0.3, 0.4) is 0 Å². The zero-order valence-electron chi connectivity index (χ0n) is 7.99. The van der Waals surface area contributed by atoms with Crippen LogP contribution in [0.4, 0.5) is 0 Å². The Morgan fingerprint density at radius 1 is 1.57 bits per heavy atom. The Morgan fingerprint density at radius 3 is 2.79 bits per heavy atom. The van der Waals surface area contributed by atoms with E-state index in [0.717, 1.165) is 16.9 Å². The second kappa shape index (κ2) is 4.93. The van der Waals surface area contributed by atoms with Crippen molar-refractivity contribution in [1.82, 2.24) is 0 Å². The van der Waals surface area contributed by atoms with Crippen molar-refractivity contribution in [3.05, 3.63) is 29.3 Å². The highest BCUT2D eigenvalue weighted by atomic mass is 32.1. The standard InChI is InChI=1S/C10H13NO2S/c1-7-6-8(10(11)14)2-3-9(7)13-5-4-12/h2-3,6,12H,4-5H2,1H3,(H2,11,14). The van der Waals surface area contributed by atoms with Crippen LogP contribution < -0.4 is 10.5 Å². The number of hydrogen-bond donors (Lipinski definition) is 2. The van der Waals surface area contributed by atoms with E-state index in [1.807, 2.05) is 19.1 Å². The zero-order chi connectivity index (χ0) is 10.6. The summed E-state index contributed by atoms with van der Waals surface area (Å²) >= 11 is 4.85. The number of aliphatic hydroxyl groups excluding tert-OH is 1. The summed E-state index contributed by atoms with van der Waals surface area (Å²) in [5.41, 5.74) is 7.27. The van der Waals surface area contributed by atoms with E-state index >= 15 is 0 Å². The number of nitrogens with two attached hydrogens (primary N) is 1. The molecule has 0 spiro atoms. The smallest absolute Gasteiger partial charge is 0.122 e. The van der Waals surface area contributed by atoms with Gasteiger partial charge in [-0.2, -0.15) is 0 Å². The van der Waals surface area contributed by atoms with E-state index < -0.39 is 0 Å². The Kier molecular flexibility index (Phi) is 3.85. The Bertz CT molecular complexity index is 339. The summed E-state index contributed by atoms with van der Waals surface area (Å²) in [5, 5.41) is 8.60. The van der Waals surface area contributed by atoms with Gasteiger partial charge < -0.3 is 15.6 Å². The van der Waals surface area contributed by atoms with E-state index in [-0.39, 0.29) is 6.61 Å². The lowest BCUT2D eigenvalue weighted by atomic mass is 10.1. The predicted molar refractivity (Wildman–Crippen MR) is 59.6 cm³/mol. The Balaban J connectivity index is 2.84. The lowest BCUT2D eigenvalue weighted by Gasteiger charge is -2.08. The minimum Gasteiger partial charge on any atom is -0.491 e. The highest BCUT2D eigenvalue weighted by molar-refractivity contribution is 7.80. The minimum absolute atomic E-state index is 0.0104. The summed E-state index contributed by atoms with van der Waals surface area (Å²) in [7, 11) is 0. The van der Waals surface area contributed by atoms with Crippen LogP contribution in [0.2, 0.25) is 0 Å². The molecule has 0 aliphatic heterocycles. The second-order valence-corrected chi connectivity index (χ2v) is 3.36. The van der Waals surface area contributed by atoms with Crippen molar-refractivity contribution in [2.75, 3.05) is 13.2 Å². The molecular weight excluding hydrogens is 198 g/mol. The third kappa shape index (κ3) is 2.68. The summed E-state index contributed by atoms with van der Waals surface area (Å²) in [6.07, 6.45) is 0. The van der Waals surface area contributed by atoms with Gasteiger partial charge in [-0.15, -0.1) is 0 Å². The number of thiocarbonyl (C=S) groups is 1. The Morgan fingerprint density at radius 2 is 2.29 bits per heavy atom. The van der Waals surface area contributed by atoms with Crippen molar-refractivity contribution in [3.8, 4) is 5.75 Å². The van der Waals surface area contributed by atoms with Crippen molar-refractivity contribution < 1.29 is 9.84 Å². The highest BCUT2D eigenvalue weighted by Crippen LogP contribution is 2.18. The van der Waals surface area contributed by atoms with Crippen LogP contribution in [0.5, 0.6) is 5.75 Å². The van der Waals surface area contributed by atoms with Crippen molar-refractivity contribution in [2.45, 2.75) is 6.92 Å². The molecule has 1 aromatic carbocycles. The maximum absolute atomic E-state index is 8.60. The van der Waals surface area contributed by atoms with Crippen LogP contribution in [0.15, 0.2) is 18.2 Å². The van der Waals surface area contributed by atoms with Crippen LogP contribution in [0, 0.1) is 6.92 Å². The summed E-state index contributed by atoms with van der Waals surface area (Å²) in [6, 6.07) is 5.48. The first-order valence-corrected chi connectivity index (χ1v) is 4.70. The van der Waals surface area contributed by atoms with E-state index in [9.17, 15) is 0 Å². The zero-order valence-corrected chi connectivity index (χ0v) is 8.80.